The highest BCUT2D eigenvalue weighted by atomic mass is 16.5. The highest BCUT2D eigenvalue weighted by Gasteiger charge is 2.21. The molecule has 5 heteroatoms. The molecule has 2 heterocycles. The van der Waals surface area contributed by atoms with Crippen molar-refractivity contribution in [2.45, 2.75) is 19.8 Å². The fraction of sp³-hybridized carbons (Fsp3) is 0.636. The highest BCUT2D eigenvalue weighted by Crippen LogP contribution is 2.23. The first-order valence-corrected chi connectivity index (χ1v) is 5.57. The summed E-state index contributed by atoms with van der Waals surface area (Å²) in [6, 6.07) is 2.08. The lowest BCUT2D eigenvalue weighted by Crippen LogP contribution is -2.36. The number of morpholine rings is 1. The van der Waals surface area contributed by atoms with Crippen LogP contribution in [0.2, 0.25) is 0 Å². The number of rotatable bonds is 3. The van der Waals surface area contributed by atoms with Crippen molar-refractivity contribution in [3.05, 3.63) is 11.6 Å². The zero-order chi connectivity index (χ0) is 11.4. The third-order valence-electron chi connectivity index (χ3n) is 2.52. The molecule has 0 unspecified atom stereocenters. The van der Waals surface area contributed by atoms with Crippen LogP contribution in [0.15, 0.2) is 4.42 Å². The van der Waals surface area contributed by atoms with E-state index in [9.17, 15) is 0 Å². The second-order valence-electron chi connectivity index (χ2n) is 3.72. The van der Waals surface area contributed by atoms with E-state index >= 15 is 0 Å². The van der Waals surface area contributed by atoms with Crippen LogP contribution in [-0.2, 0) is 11.2 Å². The largest absolute Gasteiger partial charge is 0.424 e. The Morgan fingerprint density at radius 1 is 1.44 bits per heavy atom. The molecule has 0 amide bonds. The van der Waals surface area contributed by atoms with Gasteiger partial charge in [-0.05, 0) is 6.42 Å². The van der Waals surface area contributed by atoms with Crippen LogP contribution in [0.4, 0.5) is 5.88 Å². The minimum Gasteiger partial charge on any atom is -0.424 e. The first kappa shape index (κ1) is 11.0. The zero-order valence-corrected chi connectivity index (χ0v) is 9.40. The summed E-state index contributed by atoms with van der Waals surface area (Å²) in [4.78, 5) is 6.21. The van der Waals surface area contributed by atoms with E-state index in [1.54, 1.807) is 0 Å². The molecule has 0 atom stereocenters. The van der Waals surface area contributed by atoms with Gasteiger partial charge >= 0.3 is 0 Å². The molecule has 0 N–H and O–H groups in total. The quantitative estimate of drug-likeness (QED) is 0.770. The van der Waals surface area contributed by atoms with Gasteiger partial charge < -0.3 is 14.1 Å². The SMILES string of the molecule is CCCc1nc(C#N)c(N2CCOCC2)o1. The molecule has 0 radical (unpaired) electrons. The molecule has 16 heavy (non-hydrogen) atoms. The summed E-state index contributed by atoms with van der Waals surface area (Å²) in [7, 11) is 0. The smallest absolute Gasteiger partial charge is 0.234 e. The second-order valence-corrected chi connectivity index (χ2v) is 3.72. The van der Waals surface area contributed by atoms with Gasteiger partial charge in [0, 0.05) is 19.5 Å². The average molecular weight is 221 g/mol. The Morgan fingerprint density at radius 3 is 2.81 bits per heavy atom. The monoisotopic (exact) mass is 221 g/mol. The van der Waals surface area contributed by atoms with Crippen molar-refractivity contribution in [1.29, 1.82) is 5.26 Å². The van der Waals surface area contributed by atoms with Crippen LogP contribution in [0.1, 0.15) is 24.9 Å². The molecular formula is C11H15N3O2. The number of hydrogen-bond acceptors (Lipinski definition) is 5. The molecule has 1 saturated heterocycles. The first-order chi connectivity index (χ1) is 7.85. The van der Waals surface area contributed by atoms with E-state index in [-0.39, 0.29) is 0 Å². The van der Waals surface area contributed by atoms with Crippen molar-refractivity contribution in [3.8, 4) is 6.07 Å². The van der Waals surface area contributed by atoms with Crippen molar-refractivity contribution in [2.75, 3.05) is 31.2 Å². The number of ether oxygens (including phenoxy) is 1. The summed E-state index contributed by atoms with van der Waals surface area (Å²) in [5.74, 6) is 1.26. The van der Waals surface area contributed by atoms with Crippen LogP contribution in [0.5, 0.6) is 0 Å². The number of nitrogens with zero attached hydrogens (tertiary/aromatic N) is 3. The Bertz CT molecular complexity index is 388. The van der Waals surface area contributed by atoms with Gasteiger partial charge in [0.1, 0.15) is 6.07 Å². The van der Waals surface area contributed by atoms with E-state index < -0.39 is 0 Å². The summed E-state index contributed by atoms with van der Waals surface area (Å²) < 4.78 is 10.9. The number of aromatic nitrogens is 1. The van der Waals surface area contributed by atoms with Crippen molar-refractivity contribution < 1.29 is 9.15 Å². The summed E-state index contributed by atoms with van der Waals surface area (Å²) in [6.07, 6.45) is 1.74. The second kappa shape index (κ2) is 4.99. The van der Waals surface area contributed by atoms with Crippen LogP contribution < -0.4 is 4.90 Å². The molecule has 0 spiro atoms. The lowest BCUT2D eigenvalue weighted by atomic mass is 10.3. The first-order valence-electron chi connectivity index (χ1n) is 5.57. The Balaban J connectivity index is 2.20. The number of hydrogen-bond donors (Lipinski definition) is 0. The molecule has 86 valence electrons. The zero-order valence-electron chi connectivity index (χ0n) is 9.40. The van der Waals surface area contributed by atoms with Gasteiger partial charge in [0.2, 0.25) is 11.6 Å². The molecule has 5 nitrogen and oxygen atoms in total. The summed E-state index contributed by atoms with van der Waals surface area (Å²) >= 11 is 0. The standard InChI is InChI=1S/C11H15N3O2/c1-2-3-10-13-9(8-12)11(16-10)14-4-6-15-7-5-14/h2-7H2,1H3. The van der Waals surface area contributed by atoms with Crippen LogP contribution in [0.3, 0.4) is 0 Å². The van der Waals surface area contributed by atoms with Gasteiger partial charge in [0.25, 0.3) is 0 Å². The van der Waals surface area contributed by atoms with Crippen molar-refractivity contribution in [2.24, 2.45) is 0 Å². The normalized spacial score (nSPS) is 16.1. The predicted octanol–water partition coefficient (Wildman–Crippen LogP) is 1.34. The summed E-state index contributed by atoms with van der Waals surface area (Å²) in [5, 5.41) is 9.00. The predicted molar refractivity (Wildman–Crippen MR) is 58.2 cm³/mol. The third-order valence-corrected chi connectivity index (χ3v) is 2.52. The minimum atomic E-state index is 0.394. The maximum atomic E-state index is 9.00. The van der Waals surface area contributed by atoms with E-state index in [0.717, 1.165) is 25.9 Å². The Morgan fingerprint density at radius 2 is 2.19 bits per heavy atom. The van der Waals surface area contributed by atoms with E-state index in [2.05, 4.69) is 18.0 Å². The molecule has 0 bridgehead atoms. The van der Waals surface area contributed by atoms with Crippen LogP contribution in [0, 0.1) is 11.3 Å². The molecular weight excluding hydrogens is 206 g/mol. The van der Waals surface area contributed by atoms with E-state index in [1.807, 2.05) is 4.90 Å². The van der Waals surface area contributed by atoms with E-state index in [4.69, 9.17) is 14.4 Å². The van der Waals surface area contributed by atoms with Crippen molar-refractivity contribution >= 4 is 5.88 Å². The molecule has 1 aromatic rings. The third kappa shape index (κ3) is 2.17. The molecule has 2 rings (SSSR count). The molecule has 1 fully saturated rings. The molecule has 0 aliphatic carbocycles. The lowest BCUT2D eigenvalue weighted by molar-refractivity contribution is 0.120. The molecule has 0 aromatic carbocycles. The van der Waals surface area contributed by atoms with Gasteiger partial charge in [-0.2, -0.15) is 5.26 Å². The van der Waals surface area contributed by atoms with Gasteiger partial charge in [-0.1, -0.05) is 6.92 Å². The van der Waals surface area contributed by atoms with E-state index in [1.165, 1.54) is 0 Å². The molecule has 1 aliphatic heterocycles. The van der Waals surface area contributed by atoms with Gasteiger partial charge in [0.05, 0.1) is 13.2 Å². The van der Waals surface area contributed by atoms with Gasteiger partial charge in [-0.25, -0.2) is 4.98 Å². The van der Waals surface area contributed by atoms with Crippen LogP contribution in [0.25, 0.3) is 0 Å². The van der Waals surface area contributed by atoms with Crippen LogP contribution in [-0.4, -0.2) is 31.3 Å². The molecule has 0 saturated carbocycles. The van der Waals surface area contributed by atoms with E-state index in [0.29, 0.717) is 30.7 Å². The van der Waals surface area contributed by atoms with Gasteiger partial charge in [-0.15, -0.1) is 0 Å². The minimum absolute atomic E-state index is 0.394. The Hall–Kier alpha value is -1.54. The Kier molecular flexibility index (Phi) is 3.42. The number of oxazole rings is 1. The van der Waals surface area contributed by atoms with Gasteiger partial charge in [-0.3, -0.25) is 0 Å². The summed E-state index contributed by atoms with van der Waals surface area (Å²) in [5.41, 5.74) is 0.394. The number of anilines is 1. The van der Waals surface area contributed by atoms with Crippen LogP contribution >= 0.6 is 0 Å². The number of aryl methyl sites for hydroxylation is 1. The maximum Gasteiger partial charge on any atom is 0.234 e. The molecule has 1 aromatic heterocycles. The van der Waals surface area contributed by atoms with Crippen molar-refractivity contribution in [1.82, 2.24) is 4.98 Å². The average Bonchev–Trinajstić information content (AvgIpc) is 2.74. The maximum absolute atomic E-state index is 9.00. The Labute approximate surface area is 94.6 Å². The fourth-order valence-corrected chi connectivity index (χ4v) is 1.73. The van der Waals surface area contributed by atoms with Crippen molar-refractivity contribution in [3.63, 3.8) is 0 Å². The van der Waals surface area contributed by atoms with Gasteiger partial charge in [0.15, 0.2) is 5.89 Å². The topological polar surface area (TPSA) is 62.3 Å². The molecule has 1 aliphatic rings. The number of nitriles is 1. The summed E-state index contributed by atoms with van der Waals surface area (Å²) in [6.45, 7) is 4.93. The lowest BCUT2D eigenvalue weighted by Gasteiger charge is -2.25. The fourth-order valence-electron chi connectivity index (χ4n) is 1.73. The highest BCUT2D eigenvalue weighted by molar-refractivity contribution is 5.48.